The van der Waals surface area contributed by atoms with Crippen molar-refractivity contribution in [2.24, 2.45) is 5.92 Å². The Kier molecular flexibility index (Phi) is 7.05. The molecule has 122 valence electrons. The van der Waals surface area contributed by atoms with Crippen LogP contribution in [0, 0.1) is 5.92 Å². The zero-order valence-corrected chi connectivity index (χ0v) is 13.9. The van der Waals surface area contributed by atoms with E-state index in [0.717, 1.165) is 5.56 Å². The van der Waals surface area contributed by atoms with E-state index in [-0.39, 0.29) is 11.9 Å². The summed E-state index contributed by atoms with van der Waals surface area (Å²) in [6.07, 6.45) is -0.349. The van der Waals surface area contributed by atoms with E-state index in [9.17, 15) is 9.59 Å². The Morgan fingerprint density at radius 2 is 1.55 bits per heavy atom. The van der Waals surface area contributed by atoms with Gasteiger partial charge in [0.1, 0.15) is 6.04 Å². The Bertz CT molecular complexity index is 485. The molecule has 0 aliphatic heterocycles. The van der Waals surface area contributed by atoms with Crippen LogP contribution in [0.15, 0.2) is 30.3 Å². The van der Waals surface area contributed by atoms with Crippen molar-refractivity contribution in [1.29, 1.82) is 0 Å². The maximum Gasteiger partial charge on any atom is 0.326 e. The molecule has 0 aromatic heterocycles. The van der Waals surface area contributed by atoms with Crippen molar-refractivity contribution in [3.8, 4) is 0 Å². The van der Waals surface area contributed by atoms with Crippen molar-refractivity contribution in [2.45, 2.75) is 39.5 Å². The molecule has 0 N–H and O–H groups in total. The maximum atomic E-state index is 12.3. The standard InChI is InChI=1S/C17H25NO4/c1-12(2)16(19)21-13(3)22-17(20)15(18(4)5)11-14-9-7-6-8-10-14/h6-10,12-13,15H,11H2,1-5H3/t13?,15-/m1/s1. The van der Waals surface area contributed by atoms with E-state index in [2.05, 4.69) is 0 Å². The molecule has 1 unspecified atom stereocenters. The first-order valence-electron chi connectivity index (χ1n) is 7.42. The van der Waals surface area contributed by atoms with E-state index < -0.39 is 18.3 Å². The van der Waals surface area contributed by atoms with Crippen LogP contribution in [-0.2, 0) is 25.5 Å². The Morgan fingerprint density at radius 3 is 2.05 bits per heavy atom. The van der Waals surface area contributed by atoms with Gasteiger partial charge in [-0.1, -0.05) is 44.2 Å². The van der Waals surface area contributed by atoms with Gasteiger partial charge in [-0.25, -0.2) is 0 Å². The minimum Gasteiger partial charge on any atom is -0.425 e. The summed E-state index contributed by atoms with van der Waals surface area (Å²) in [6, 6.07) is 9.29. The number of carbonyl (C=O) groups excluding carboxylic acids is 2. The zero-order chi connectivity index (χ0) is 16.7. The summed E-state index contributed by atoms with van der Waals surface area (Å²) >= 11 is 0. The number of likely N-dealkylation sites (N-methyl/N-ethyl adjacent to an activating group) is 1. The number of hydrogen-bond acceptors (Lipinski definition) is 5. The number of hydrogen-bond donors (Lipinski definition) is 0. The lowest BCUT2D eigenvalue weighted by molar-refractivity contribution is -0.189. The largest absolute Gasteiger partial charge is 0.425 e. The minimum absolute atomic E-state index is 0.255. The Morgan fingerprint density at radius 1 is 1.00 bits per heavy atom. The molecule has 0 bridgehead atoms. The Labute approximate surface area is 132 Å². The van der Waals surface area contributed by atoms with Crippen LogP contribution in [0.1, 0.15) is 26.3 Å². The molecule has 0 fully saturated rings. The molecule has 0 aliphatic carbocycles. The predicted molar refractivity (Wildman–Crippen MR) is 84.1 cm³/mol. The van der Waals surface area contributed by atoms with Crippen LogP contribution in [0.5, 0.6) is 0 Å². The monoisotopic (exact) mass is 307 g/mol. The van der Waals surface area contributed by atoms with Crippen LogP contribution in [-0.4, -0.2) is 43.3 Å². The average Bonchev–Trinajstić information content (AvgIpc) is 2.45. The third kappa shape index (κ3) is 5.85. The van der Waals surface area contributed by atoms with Crippen LogP contribution in [0.4, 0.5) is 0 Å². The van der Waals surface area contributed by atoms with Gasteiger partial charge in [-0.15, -0.1) is 0 Å². The molecule has 0 aliphatic rings. The van der Waals surface area contributed by atoms with E-state index in [1.54, 1.807) is 25.7 Å². The highest BCUT2D eigenvalue weighted by atomic mass is 16.7. The molecule has 0 heterocycles. The SMILES string of the molecule is CC(OC(=O)C(C)C)OC(=O)[C@@H](Cc1ccccc1)N(C)C. The highest BCUT2D eigenvalue weighted by Gasteiger charge is 2.26. The quantitative estimate of drug-likeness (QED) is 0.571. The molecule has 5 nitrogen and oxygen atoms in total. The normalized spacial score (nSPS) is 13.8. The summed E-state index contributed by atoms with van der Waals surface area (Å²) in [7, 11) is 3.64. The summed E-state index contributed by atoms with van der Waals surface area (Å²) in [5.74, 6) is -1.04. The molecule has 0 saturated heterocycles. The highest BCUT2D eigenvalue weighted by Crippen LogP contribution is 2.10. The Hall–Kier alpha value is -1.88. The summed E-state index contributed by atoms with van der Waals surface area (Å²) in [4.78, 5) is 25.6. The number of esters is 2. The second-order valence-electron chi connectivity index (χ2n) is 5.77. The third-order valence-electron chi connectivity index (χ3n) is 3.20. The van der Waals surface area contributed by atoms with Gasteiger partial charge in [-0.3, -0.25) is 14.5 Å². The van der Waals surface area contributed by atoms with Crippen molar-refractivity contribution in [3.05, 3.63) is 35.9 Å². The van der Waals surface area contributed by atoms with E-state index in [4.69, 9.17) is 9.47 Å². The van der Waals surface area contributed by atoms with Gasteiger partial charge in [-0.2, -0.15) is 0 Å². The molecule has 2 atom stereocenters. The van der Waals surface area contributed by atoms with Crippen LogP contribution in [0.3, 0.4) is 0 Å². The van der Waals surface area contributed by atoms with Gasteiger partial charge in [0.05, 0.1) is 5.92 Å². The fourth-order valence-electron chi connectivity index (χ4n) is 1.88. The predicted octanol–water partition coefficient (Wildman–Crippen LogP) is 2.25. The van der Waals surface area contributed by atoms with Crippen molar-refractivity contribution in [3.63, 3.8) is 0 Å². The topological polar surface area (TPSA) is 55.8 Å². The second-order valence-corrected chi connectivity index (χ2v) is 5.77. The van der Waals surface area contributed by atoms with Crippen molar-refractivity contribution in [1.82, 2.24) is 4.90 Å². The third-order valence-corrected chi connectivity index (χ3v) is 3.20. The van der Waals surface area contributed by atoms with Gasteiger partial charge in [0.15, 0.2) is 0 Å². The van der Waals surface area contributed by atoms with Crippen molar-refractivity contribution in [2.75, 3.05) is 14.1 Å². The molecule has 0 amide bonds. The highest BCUT2D eigenvalue weighted by molar-refractivity contribution is 5.77. The van der Waals surface area contributed by atoms with Gasteiger partial charge in [-0.05, 0) is 26.1 Å². The number of rotatable bonds is 7. The molecular weight excluding hydrogens is 282 g/mol. The minimum atomic E-state index is -0.888. The second kappa shape index (κ2) is 8.54. The summed E-state index contributed by atoms with van der Waals surface area (Å²) < 4.78 is 10.3. The lowest BCUT2D eigenvalue weighted by Crippen LogP contribution is -2.41. The number of nitrogens with zero attached hydrogens (tertiary/aromatic N) is 1. The molecular formula is C17H25NO4. The fourth-order valence-corrected chi connectivity index (χ4v) is 1.88. The number of benzene rings is 1. The van der Waals surface area contributed by atoms with E-state index in [1.165, 1.54) is 0 Å². The number of carbonyl (C=O) groups is 2. The van der Waals surface area contributed by atoms with Crippen LogP contribution in [0.25, 0.3) is 0 Å². The molecule has 22 heavy (non-hydrogen) atoms. The van der Waals surface area contributed by atoms with Gasteiger partial charge < -0.3 is 9.47 Å². The zero-order valence-electron chi connectivity index (χ0n) is 13.9. The van der Waals surface area contributed by atoms with Gasteiger partial charge >= 0.3 is 11.9 Å². The van der Waals surface area contributed by atoms with Crippen molar-refractivity contribution < 1.29 is 19.1 Å². The van der Waals surface area contributed by atoms with Crippen LogP contribution < -0.4 is 0 Å². The van der Waals surface area contributed by atoms with E-state index in [0.29, 0.717) is 6.42 Å². The maximum absolute atomic E-state index is 12.3. The number of ether oxygens (including phenoxy) is 2. The van der Waals surface area contributed by atoms with Gasteiger partial charge in [0.25, 0.3) is 0 Å². The van der Waals surface area contributed by atoms with E-state index in [1.807, 2.05) is 44.4 Å². The molecule has 1 rings (SSSR count). The molecule has 5 heteroatoms. The summed E-state index contributed by atoms with van der Waals surface area (Å²) in [5, 5.41) is 0. The fraction of sp³-hybridized carbons (Fsp3) is 0.529. The molecule has 1 aromatic carbocycles. The average molecular weight is 307 g/mol. The van der Waals surface area contributed by atoms with Crippen molar-refractivity contribution >= 4 is 11.9 Å². The van der Waals surface area contributed by atoms with Crippen LogP contribution in [0.2, 0.25) is 0 Å². The molecule has 0 spiro atoms. The summed E-state index contributed by atoms with van der Waals surface area (Å²) in [6.45, 7) is 5.01. The molecule has 0 saturated carbocycles. The Balaban J connectivity index is 2.64. The van der Waals surface area contributed by atoms with Gasteiger partial charge in [0.2, 0.25) is 6.29 Å². The lowest BCUT2D eigenvalue weighted by Gasteiger charge is -2.24. The first-order chi connectivity index (χ1) is 10.3. The van der Waals surface area contributed by atoms with Crippen LogP contribution >= 0.6 is 0 Å². The molecule has 1 aromatic rings. The smallest absolute Gasteiger partial charge is 0.326 e. The first kappa shape index (κ1) is 18.2. The molecule has 0 radical (unpaired) electrons. The van der Waals surface area contributed by atoms with Gasteiger partial charge in [0, 0.05) is 6.92 Å². The lowest BCUT2D eigenvalue weighted by atomic mass is 10.1. The van der Waals surface area contributed by atoms with E-state index >= 15 is 0 Å². The first-order valence-corrected chi connectivity index (χ1v) is 7.42. The summed E-state index contributed by atoms with van der Waals surface area (Å²) in [5.41, 5.74) is 1.05.